The summed E-state index contributed by atoms with van der Waals surface area (Å²) in [6.45, 7) is 7.16. The van der Waals surface area contributed by atoms with Crippen LogP contribution in [0.25, 0.3) is 0 Å². The second kappa shape index (κ2) is 7.28. The van der Waals surface area contributed by atoms with Crippen molar-refractivity contribution in [3.63, 3.8) is 0 Å². The van der Waals surface area contributed by atoms with Crippen molar-refractivity contribution in [3.8, 4) is 5.75 Å². The zero-order chi connectivity index (χ0) is 15.2. The predicted molar refractivity (Wildman–Crippen MR) is 89.0 cm³/mol. The molecule has 2 rings (SSSR count). The Morgan fingerprint density at radius 3 is 2.48 bits per heavy atom. The van der Waals surface area contributed by atoms with Gasteiger partial charge in [-0.15, -0.1) is 0 Å². The molecule has 0 heterocycles. The first kappa shape index (κ1) is 15.6. The smallest absolute Gasteiger partial charge is 0.119 e. The van der Waals surface area contributed by atoms with Crippen molar-refractivity contribution in [2.24, 2.45) is 0 Å². The van der Waals surface area contributed by atoms with Crippen LogP contribution in [0.15, 0.2) is 48.5 Å². The van der Waals surface area contributed by atoms with Crippen LogP contribution in [0, 0.1) is 6.92 Å². The van der Waals surface area contributed by atoms with Gasteiger partial charge < -0.3 is 10.1 Å². The van der Waals surface area contributed by atoms with Crippen molar-refractivity contribution >= 4 is 0 Å². The van der Waals surface area contributed by atoms with Gasteiger partial charge in [-0.05, 0) is 48.7 Å². The average Bonchev–Trinajstić information content (AvgIpc) is 2.50. The van der Waals surface area contributed by atoms with Crippen molar-refractivity contribution in [2.45, 2.75) is 32.7 Å². The number of hydrogen-bond donors (Lipinski definition) is 1. The molecular formula is C19H25NO. The lowest BCUT2D eigenvalue weighted by Gasteiger charge is -2.20. The highest BCUT2D eigenvalue weighted by molar-refractivity contribution is 5.31. The van der Waals surface area contributed by atoms with E-state index in [-0.39, 0.29) is 6.04 Å². The Balaban J connectivity index is 2.07. The highest BCUT2D eigenvalue weighted by Gasteiger charge is 2.12. The Hall–Kier alpha value is -1.80. The molecular weight excluding hydrogens is 258 g/mol. The van der Waals surface area contributed by atoms with Gasteiger partial charge in [0.25, 0.3) is 0 Å². The molecule has 2 aromatic carbocycles. The second-order valence-electron chi connectivity index (χ2n) is 5.74. The Morgan fingerprint density at radius 2 is 1.81 bits per heavy atom. The Kier molecular flexibility index (Phi) is 5.40. The molecule has 0 fully saturated rings. The lowest BCUT2D eigenvalue weighted by atomic mass is 10.0. The normalized spacial score (nSPS) is 12.4. The summed E-state index contributed by atoms with van der Waals surface area (Å²) in [7, 11) is 1.98. The average molecular weight is 283 g/mol. The Labute approximate surface area is 128 Å². The fraction of sp³-hybridized carbons (Fsp3) is 0.368. The van der Waals surface area contributed by atoms with E-state index in [4.69, 9.17) is 4.74 Å². The summed E-state index contributed by atoms with van der Waals surface area (Å²) in [6.07, 6.45) is 0. The van der Waals surface area contributed by atoms with Gasteiger partial charge in [0.2, 0.25) is 0 Å². The van der Waals surface area contributed by atoms with E-state index < -0.39 is 0 Å². The lowest BCUT2D eigenvalue weighted by molar-refractivity contribution is 0.272. The zero-order valence-electron chi connectivity index (χ0n) is 13.4. The van der Waals surface area contributed by atoms with Gasteiger partial charge in [0, 0.05) is 0 Å². The molecule has 0 aliphatic carbocycles. The van der Waals surface area contributed by atoms with Crippen LogP contribution >= 0.6 is 0 Å². The summed E-state index contributed by atoms with van der Waals surface area (Å²) < 4.78 is 6.00. The van der Waals surface area contributed by atoms with Crippen molar-refractivity contribution in [2.75, 3.05) is 13.7 Å². The predicted octanol–water partition coefficient (Wildman–Crippen LogP) is 4.46. The van der Waals surface area contributed by atoms with E-state index in [1.165, 1.54) is 16.7 Å². The molecule has 0 saturated heterocycles. The van der Waals surface area contributed by atoms with Gasteiger partial charge in [0.15, 0.2) is 0 Å². The topological polar surface area (TPSA) is 21.3 Å². The largest absolute Gasteiger partial charge is 0.492 e. The maximum Gasteiger partial charge on any atom is 0.119 e. The number of benzene rings is 2. The summed E-state index contributed by atoms with van der Waals surface area (Å²) in [5.41, 5.74) is 3.89. The van der Waals surface area contributed by atoms with E-state index in [9.17, 15) is 0 Å². The molecule has 0 saturated carbocycles. The summed E-state index contributed by atoms with van der Waals surface area (Å²) in [6, 6.07) is 17.0. The van der Waals surface area contributed by atoms with Crippen molar-refractivity contribution in [1.29, 1.82) is 0 Å². The molecule has 21 heavy (non-hydrogen) atoms. The van der Waals surface area contributed by atoms with Gasteiger partial charge >= 0.3 is 0 Å². The molecule has 0 aromatic heterocycles. The maximum atomic E-state index is 6.00. The molecule has 0 bridgehead atoms. The van der Waals surface area contributed by atoms with Gasteiger partial charge in [-0.1, -0.05) is 50.2 Å². The fourth-order valence-electron chi connectivity index (χ4n) is 2.45. The molecule has 1 N–H and O–H groups in total. The Morgan fingerprint density at radius 1 is 1.05 bits per heavy atom. The third-order valence-corrected chi connectivity index (χ3v) is 3.85. The van der Waals surface area contributed by atoms with Crippen LogP contribution in [0.2, 0.25) is 0 Å². The fourth-order valence-corrected chi connectivity index (χ4v) is 2.45. The van der Waals surface area contributed by atoms with E-state index in [0.717, 1.165) is 5.75 Å². The molecule has 1 unspecified atom stereocenters. The van der Waals surface area contributed by atoms with Gasteiger partial charge in [-0.3, -0.25) is 0 Å². The Bertz CT molecular complexity index is 577. The van der Waals surface area contributed by atoms with E-state index in [0.29, 0.717) is 12.5 Å². The molecule has 0 spiro atoms. The first-order chi connectivity index (χ1) is 10.1. The van der Waals surface area contributed by atoms with E-state index in [1.54, 1.807) is 0 Å². The van der Waals surface area contributed by atoms with Crippen LogP contribution in [0.3, 0.4) is 0 Å². The van der Waals surface area contributed by atoms with Gasteiger partial charge in [0.05, 0.1) is 6.04 Å². The molecule has 2 nitrogen and oxygen atoms in total. The van der Waals surface area contributed by atoms with Crippen LogP contribution in [0.4, 0.5) is 0 Å². The number of ether oxygens (including phenoxy) is 1. The molecule has 0 aliphatic rings. The first-order valence-corrected chi connectivity index (χ1v) is 7.57. The summed E-state index contributed by atoms with van der Waals surface area (Å²) in [5.74, 6) is 1.46. The van der Waals surface area contributed by atoms with Crippen LogP contribution in [-0.4, -0.2) is 13.7 Å². The minimum absolute atomic E-state index is 0.203. The van der Waals surface area contributed by atoms with Crippen LogP contribution in [0.5, 0.6) is 5.75 Å². The van der Waals surface area contributed by atoms with E-state index >= 15 is 0 Å². The molecule has 2 aromatic rings. The lowest BCUT2D eigenvalue weighted by Crippen LogP contribution is -2.24. The molecule has 112 valence electrons. The van der Waals surface area contributed by atoms with Gasteiger partial charge in [-0.25, -0.2) is 0 Å². The monoisotopic (exact) mass is 283 g/mol. The summed E-state index contributed by atoms with van der Waals surface area (Å²) in [5, 5.41) is 3.34. The molecule has 0 aliphatic heterocycles. The number of rotatable bonds is 6. The van der Waals surface area contributed by atoms with Gasteiger partial charge in [0.1, 0.15) is 12.4 Å². The van der Waals surface area contributed by atoms with Crippen LogP contribution < -0.4 is 10.1 Å². The number of nitrogens with one attached hydrogen (secondary N) is 1. The SMILES string of the molecule is CNC(COc1cccc(C(C)C)c1)c1ccccc1C. The third-order valence-electron chi connectivity index (χ3n) is 3.85. The van der Waals surface area contributed by atoms with Crippen molar-refractivity contribution in [1.82, 2.24) is 5.32 Å². The number of likely N-dealkylation sites (N-methyl/N-ethyl adjacent to an activating group) is 1. The van der Waals surface area contributed by atoms with Crippen molar-refractivity contribution in [3.05, 3.63) is 65.2 Å². The van der Waals surface area contributed by atoms with E-state index in [2.05, 4.69) is 68.6 Å². The zero-order valence-corrected chi connectivity index (χ0v) is 13.4. The quantitative estimate of drug-likeness (QED) is 0.845. The molecule has 0 radical (unpaired) electrons. The number of aryl methyl sites for hydroxylation is 1. The first-order valence-electron chi connectivity index (χ1n) is 7.57. The highest BCUT2D eigenvalue weighted by Crippen LogP contribution is 2.22. The molecule has 2 heteroatoms. The van der Waals surface area contributed by atoms with Crippen LogP contribution in [0.1, 0.15) is 42.5 Å². The van der Waals surface area contributed by atoms with Crippen molar-refractivity contribution < 1.29 is 4.74 Å². The minimum atomic E-state index is 0.203. The molecule has 1 atom stereocenters. The maximum absolute atomic E-state index is 6.00. The standard InChI is InChI=1S/C19H25NO/c1-14(2)16-9-7-10-17(12-16)21-13-19(20-4)18-11-6-5-8-15(18)3/h5-12,14,19-20H,13H2,1-4H3. The minimum Gasteiger partial charge on any atom is -0.492 e. The third kappa shape index (κ3) is 4.08. The summed E-state index contributed by atoms with van der Waals surface area (Å²) in [4.78, 5) is 0. The van der Waals surface area contributed by atoms with E-state index in [1.807, 2.05) is 13.1 Å². The highest BCUT2D eigenvalue weighted by atomic mass is 16.5. The number of hydrogen-bond acceptors (Lipinski definition) is 2. The molecule has 0 amide bonds. The van der Waals surface area contributed by atoms with Gasteiger partial charge in [-0.2, -0.15) is 0 Å². The second-order valence-corrected chi connectivity index (χ2v) is 5.74. The van der Waals surface area contributed by atoms with Crippen LogP contribution in [-0.2, 0) is 0 Å². The summed E-state index contributed by atoms with van der Waals surface area (Å²) >= 11 is 0.